The van der Waals surface area contributed by atoms with Gasteiger partial charge in [0.05, 0.1) is 6.61 Å². The van der Waals surface area contributed by atoms with Crippen molar-refractivity contribution in [3.63, 3.8) is 0 Å². The van der Waals surface area contributed by atoms with E-state index in [0.717, 1.165) is 19.8 Å². The van der Waals surface area contributed by atoms with E-state index in [-0.39, 0.29) is 5.54 Å². The van der Waals surface area contributed by atoms with Crippen LogP contribution in [0.3, 0.4) is 0 Å². The van der Waals surface area contributed by atoms with Crippen molar-refractivity contribution in [2.75, 3.05) is 19.8 Å². The Morgan fingerprint density at radius 3 is 2.50 bits per heavy atom. The van der Waals surface area contributed by atoms with Crippen molar-refractivity contribution in [2.24, 2.45) is 0 Å². The summed E-state index contributed by atoms with van der Waals surface area (Å²) in [5.41, 5.74) is 1.64. The van der Waals surface area contributed by atoms with E-state index in [0.29, 0.717) is 0 Å². The van der Waals surface area contributed by atoms with Gasteiger partial charge in [-0.15, -0.1) is 0 Å². The summed E-state index contributed by atoms with van der Waals surface area (Å²) in [5.74, 6) is 0. The minimum absolute atomic E-state index is 0.191. The fourth-order valence-corrected chi connectivity index (χ4v) is 2.99. The van der Waals surface area contributed by atoms with Gasteiger partial charge in [-0.25, -0.2) is 0 Å². The third-order valence-electron chi connectivity index (χ3n) is 3.95. The largest absolute Gasteiger partial charge is 0.380 e. The Kier molecular flexibility index (Phi) is 5.21. The van der Waals surface area contributed by atoms with Crippen LogP contribution < -0.4 is 5.32 Å². The van der Waals surface area contributed by atoms with Crippen LogP contribution in [0.5, 0.6) is 0 Å². The molecule has 1 aliphatic carbocycles. The lowest BCUT2D eigenvalue weighted by Gasteiger charge is -2.39. The molecule has 1 saturated carbocycles. The van der Waals surface area contributed by atoms with Crippen molar-refractivity contribution in [2.45, 2.75) is 44.6 Å². The third kappa shape index (κ3) is 3.33. The van der Waals surface area contributed by atoms with Crippen LogP contribution >= 0.6 is 0 Å². The predicted molar refractivity (Wildman–Crippen MR) is 75.7 cm³/mol. The first kappa shape index (κ1) is 13.6. The van der Waals surface area contributed by atoms with Crippen molar-refractivity contribution in [3.8, 4) is 0 Å². The first-order chi connectivity index (χ1) is 8.87. The van der Waals surface area contributed by atoms with E-state index in [1.54, 1.807) is 0 Å². The van der Waals surface area contributed by atoms with Crippen molar-refractivity contribution < 1.29 is 4.74 Å². The molecule has 18 heavy (non-hydrogen) atoms. The molecule has 1 N–H and O–H groups in total. The zero-order valence-electron chi connectivity index (χ0n) is 11.5. The van der Waals surface area contributed by atoms with Gasteiger partial charge in [-0.2, -0.15) is 0 Å². The molecule has 0 bridgehead atoms. The molecule has 0 amide bonds. The molecule has 0 spiro atoms. The highest BCUT2D eigenvalue weighted by atomic mass is 16.5. The van der Waals surface area contributed by atoms with E-state index in [2.05, 4.69) is 35.6 Å². The van der Waals surface area contributed by atoms with Gasteiger partial charge >= 0.3 is 0 Å². The number of hydrogen-bond acceptors (Lipinski definition) is 2. The summed E-state index contributed by atoms with van der Waals surface area (Å²) < 4.78 is 5.44. The first-order valence-electron chi connectivity index (χ1n) is 7.26. The Bertz CT molecular complexity index is 330. The molecule has 1 aromatic rings. The van der Waals surface area contributed by atoms with Crippen molar-refractivity contribution >= 4 is 0 Å². The van der Waals surface area contributed by atoms with Crippen LogP contribution in [0.2, 0.25) is 0 Å². The molecule has 2 nitrogen and oxygen atoms in total. The van der Waals surface area contributed by atoms with Crippen LogP contribution in [-0.4, -0.2) is 19.8 Å². The van der Waals surface area contributed by atoms with E-state index in [4.69, 9.17) is 4.74 Å². The molecule has 1 aliphatic rings. The van der Waals surface area contributed by atoms with Crippen molar-refractivity contribution in [1.29, 1.82) is 0 Å². The smallest absolute Gasteiger partial charge is 0.0591 e. The molecule has 0 radical (unpaired) electrons. The highest BCUT2D eigenvalue weighted by Gasteiger charge is 2.32. The average molecular weight is 247 g/mol. The zero-order chi connectivity index (χ0) is 12.7. The Morgan fingerprint density at radius 2 is 1.83 bits per heavy atom. The summed E-state index contributed by atoms with van der Waals surface area (Å²) in [7, 11) is 0. The van der Waals surface area contributed by atoms with Crippen molar-refractivity contribution in [1.82, 2.24) is 5.32 Å². The molecule has 0 heterocycles. The van der Waals surface area contributed by atoms with Gasteiger partial charge in [0, 0.05) is 18.7 Å². The van der Waals surface area contributed by atoms with Gasteiger partial charge in [0.25, 0.3) is 0 Å². The van der Waals surface area contributed by atoms with E-state index < -0.39 is 0 Å². The van der Waals surface area contributed by atoms with E-state index in [1.165, 1.54) is 37.7 Å². The highest BCUT2D eigenvalue weighted by Crippen LogP contribution is 2.36. The number of benzene rings is 1. The van der Waals surface area contributed by atoms with Gasteiger partial charge in [-0.1, -0.05) is 49.6 Å². The summed E-state index contributed by atoms with van der Waals surface area (Å²) in [6.45, 7) is 4.61. The Labute approximate surface area is 111 Å². The fourth-order valence-electron chi connectivity index (χ4n) is 2.99. The molecule has 0 saturated heterocycles. The number of ether oxygens (including phenoxy) is 1. The molecular formula is C16H25NO. The summed E-state index contributed by atoms with van der Waals surface area (Å²) in [5, 5.41) is 3.76. The quantitative estimate of drug-likeness (QED) is 0.777. The Morgan fingerprint density at radius 1 is 1.11 bits per heavy atom. The molecule has 1 fully saturated rings. The predicted octanol–water partition coefficient (Wildman–Crippen LogP) is 3.47. The minimum atomic E-state index is 0.191. The molecular weight excluding hydrogens is 222 g/mol. The molecule has 1 aromatic carbocycles. The number of hydrogen-bond donors (Lipinski definition) is 1. The number of nitrogens with one attached hydrogen (secondary N) is 1. The average Bonchev–Trinajstić information content (AvgIpc) is 2.46. The van der Waals surface area contributed by atoms with Crippen molar-refractivity contribution in [3.05, 3.63) is 35.9 Å². The Balaban J connectivity index is 2.03. The molecule has 100 valence electrons. The standard InChI is InChI=1S/C16H25NO/c1-2-18-14-13-17-16(11-7-4-8-12-16)15-9-5-3-6-10-15/h3,5-6,9-10,17H,2,4,7-8,11-14H2,1H3. The maximum Gasteiger partial charge on any atom is 0.0591 e. The van der Waals surface area contributed by atoms with Gasteiger partial charge in [0.15, 0.2) is 0 Å². The third-order valence-corrected chi connectivity index (χ3v) is 3.95. The second-order valence-electron chi connectivity index (χ2n) is 5.13. The van der Waals surface area contributed by atoms with Crippen LogP contribution in [0.1, 0.15) is 44.6 Å². The van der Waals surface area contributed by atoms with E-state index in [1.807, 2.05) is 6.92 Å². The molecule has 0 aromatic heterocycles. The lowest BCUT2D eigenvalue weighted by atomic mass is 9.76. The van der Waals surface area contributed by atoms with Crippen LogP contribution in [0.15, 0.2) is 30.3 Å². The lowest BCUT2D eigenvalue weighted by molar-refractivity contribution is 0.131. The van der Waals surface area contributed by atoms with Gasteiger partial charge in [0.2, 0.25) is 0 Å². The topological polar surface area (TPSA) is 21.3 Å². The minimum Gasteiger partial charge on any atom is -0.380 e. The first-order valence-corrected chi connectivity index (χ1v) is 7.26. The maximum atomic E-state index is 5.44. The molecule has 2 heteroatoms. The second-order valence-corrected chi connectivity index (χ2v) is 5.13. The Hall–Kier alpha value is -0.860. The second kappa shape index (κ2) is 6.91. The molecule has 0 atom stereocenters. The maximum absolute atomic E-state index is 5.44. The van der Waals surface area contributed by atoms with Crippen LogP contribution in [0, 0.1) is 0 Å². The summed E-state index contributed by atoms with van der Waals surface area (Å²) in [6.07, 6.45) is 6.54. The zero-order valence-corrected chi connectivity index (χ0v) is 11.5. The highest BCUT2D eigenvalue weighted by molar-refractivity contribution is 5.25. The lowest BCUT2D eigenvalue weighted by Crippen LogP contribution is -2.45. The van der Waals surface area contributed by atoms with Crippen LogP contribution in [-0.2, 0) is 10.3 Å². The van der Waals surface area contributed by atoms with E-state index >= 15 is 0 Å². The molecule has 0 aliphatic heterocycles. The van der Waals surface area contributed by atoms with Gasteiger partial charge < -0.3 is 10.1 Å². The van der Waals surface area contributed by atoms with Gasteiger partial charge in [-0.3, -0.25) is 0 Å². The van der Waals surface area contributed by atoms with Gasteiger partial charge in [0.1, 0.15) is 0 Å². The summed E-state index contributed by atoms with van der Waals surface area (Å²) in [4.78, 5) is 0. The fraction of sp³-hybridized carbons (Fsp3) is 0.625. The molecule has 0 unspecified atom stereocenters. The van der Waals surface area contributed by atoms with E-state index in [9.17, 15) is 0 Å². The normalized spacial score (nSPS) is 18.7. The summed E-state index contributed by atoms with van der Waals surface area (Å²) >= 11 is 0. The van der Waals surface area contributed by atoms with Gasteiger partial charge in [-0.05, 0) is 25.3 Å². The van der Waals surface area contributed by atoms with Crippen LogP contribution in [0.4, 0.5) is 0 Å². The number of rotatable bonds is 6. The van der Waals surface area contributed by atoms with Crippen LogP contribution in [0.25, 0.3) is 0 Å². The summed E-state index contributed by atoms with van der Waals surface area (Å²) in [6, 6.07) is 10.9. The SMILES string of the molecule is CCOCCNC1(c2ccccc2)CCCCC1. The monoisotopic (exact) mass is 247 g/mol. The molecule has 2 rings (SSSR count).